The number of carbonyl (C=O) groups excluding carboxylic acids is 2. The summed E-state index contributed by atoms with van der Waals surface area (Å²) in [4.78, 5) is 28.5. The molecule has 0 radical (unpaired) electrons. The van der Waals surface area contributed by atoms with Gasteiger partial charge < -0.3 is 4.84 Å². The number of hydrogen-bond acceptors (Lipinski definition) is 4. The molecule has 1 saturated heterocycles. The third-order valence-corrected chi connectivity index (χ3v) is 3.88. The summed E-state index contributed by atoms with van der Waals surface area (Å²) < 4.78 is 0. The largest absolute Gasteiger partial charge is 0.367 e. The number of nitrogens with zero attached hydrogens (tertiary/aromatic N) is 1. The standard InChI is InChI=1S/C13H23NO3/c1-6-12(4)8-11(16)9-13(5,7-2)14(12)17-10(3)15/h6-9H2,1-5H3. The van der Waals surface area contributed by atoms with Crippen molar-refractivity contribution < 1.29 is 14.4 Å². The molecule has 0 aromatic rings. The fraction of sp³-hybridized carbons (Fsp3) is 0.846. The number of rotatable bonds is 3. The Morgan fingerprint density at radius 1 is 1.24 bits per heavy atom. The lowest BCUT2D eigenvalue weighted by Crippen LogP contribution is -2.63. The second-order valence-electron chi connectivity index (χ2n) is 5.47. The van der Waals surface area contributed by atoms with Gasteiger partial charge in [0.25, 0.3) is 0 Å². The molecule has 1 aliphatic heterocycles. The average molecular weight is 241 g/mol. The fourth-order valence-corrected chi connectivity index (χ4v) is 2.59. The van der Waals surface area contributed by atoms with Crippen LogP contribution in [0.4, 0.5) is 0 Å². The van der Waals surface area contributed by atoms with Crippen LogP contribution in [0, 0.1) is 0 Å². The van der Waals surface area contributed by atoms with Gasteiger partial charge in [0.2, 0.25) is 0 Å². The average Bonchev–Trinajstić information content (AvgIpc) is 2.23. The van der Waals surface area contributed by atoms with Gasteiger partial charge in [-0.25, -0.2) is 0 Å². The highest BCUT2D eigenvalue weighted by atomic mass is 16.7. The molecule has 1 fully saturated rings. The smallest absolute Gasteiger partial charge is 0.322 e. The van der Waals surface area contributed by atoms with Crippen LogP contribution in [-0.2, 0) is 14.4 Å². The van der Waals surface area contributed by atoms with Gasteiger partial charge in [-0.2, -0.15) is 0 Å². The van der Waals surface area contributed by atoms with Crippen LogP contribution < -0.4 is 0 Å². The van der Waals surface area contributed by atoms with E-state index in [0.717, 1.165) is 12.8 Å². The van der Waals surface area contributed by atoms with Crippen molar-refractivity contribution in [1.82, 2.24) is 5.06 Å². The predicted molar refractivity (Wildman–Crippen MR) is 65.2 cm³/mol. The Morgan fingerprint density at radius 2 is 1.65 bits per heavy atom. The molecule has 0 aromatic heterocycles. The van der Waals surface area contributed by atoms with Crippen LogP contribution in [0.3, 0.4) is 0 Å². The normalized spacial score (nSPS) is 34.8. The molecule has 17 heavy (non-hydrogen) atoms. The first kappa shape index (κ1) is 14.2. The Bertz CT molecular complexity index is 307. The maximum atomic E-state index is 11.9. The van der Waals surface area contributed by atoms with E-state index in [2.05, 4.69) is 0 Å². The molecular formula is C13H23NO3. The van der Waals surface area contributed by atoms with E-state index in [1.54, 1.807) is 5.06 Å². The highest BCUT2D eigenvalue weighted by molar-refractivity contribution is 5.82. The van der Waals surface area contributed by atoms with Crippen LogP contribution >= 0.6 is 0 Å². The summed E-state index contributed by atoms with van der Waals surface area (Å²) in [5, 5.41) is 1.77. The Kier molecular flexibility index (Phi) is 3.97. The molecule has 1 aliphatic rings. The van der Waals surface area contributed by atoms with E-state index in [9.17, 15) is 9.59 Å². The molecule has 0 amide bonds. The molecule has 4 nitrogen and oxygen atoms in total. The topological polar surface area (TPSA) is 46.6 Å². The molecule has 0 spiro atoms. The van der Waals surface area contributed by atoms with E-state index in [1.807, 2.05) is 27.7 Å². The number of piperidine rings is 1. The Balaban J connectivity index is 3.11. The summed E-state index contributed by atoms with van der Waals surface area (Å²) >= 11 is 0. The first-order chi connectivity index (χ1) is 7.77. The van der Waals surface area contributed by atoms with Gasteiger partial charge in [0.15, 0.2) is 0 Å². The van der Waals surface area contributed by atoms with E-state index in [1.165, 1.54) is 6.92 Å². The monoisotopic (exact) mass is 241 g/mol. The Morgan fingerprint density at radius 3 is 1.94 bits per heavy atom. The second-order valence-corrected chi connectivity index (χ2v) is 5.47. The lowest BCUT2D eigenvalue weighted by atomic mass is 9.77. The van der Waals surface area contributed by atoms with E-state index in [0.29, 0.717) is 12.8 Å². The highest BCUT2D eigenvalue weighted by Crippen LogP contribution is 2.40. The SMILES string of the molecule is CCC1(C)CC(=O)CC(C)(CC)N1OC(C)=O. The van der Waals surface area contributed by atoms with Crippen LogP contribution in [0.15, 0.2) is 0 Å². The summed E-state index contributed by atoms with van der Waals surface area (Å²) in [5.41, 5.74) is -0.766. The Hall–Kier alpha value is -0.900. The van der Waals surface area contributed by atoms with Gasteiger partial charge >= 0.3 is 5.97 Å². The predicted octanol–water partition coefficient (Wildman–Crippen LogP) is 2.47. The number of ketones is 1. The third-order valence-electron chi connectivity index (χ3n) is 3.88. The van der Waals surface area contributed by atoms with Crippen molar-refractivity contribution in [2.45, 2.75) is 71.4 Å². The van der Waals surface area contributed by atoms with Gasteiger partial charge in [-0.15, -0.1) is 5.06 Å². The van der Waals surface area contributed by atoms with Crippen molar-refractivity contribution >= 4 is 11.8 Å². The first-order valence-electron chi connectivity index (χ1n) is 6.28. The molecule has 2 atom stereocenters. The van der Waals surface area contributed by atoms with Crippen molar-refractivity contribution in [1.29, 1.82) is 0 Å². The number of hydroxylamine groups is 2. The zero-order valence-corrected chi connectivity index (χ0v) is 11.5. The molecule has 0 saturated carbocycles. The van der Waals surface area contributed by atoms with E-state index >= 15 is 0 Å². The molecule has 1 heterocycles. The van der Waals surface area contributed by atoms with Crippen LogP contribution in [0.25, 0.3) is 0 Å². The highest BCUT2D eigenvalue weighted by Gasteiger charge is 2.50. The summed E-state index contributed by atoms with van der Waals surface area (Å²) in [7, 11) is 0. The van der Waals surface area contributed by atoms with E-state index in [4.69, 9.17) is 4.84 Å². The fourth-order valence-electron chi connectivity index (χ4n) is 2.59. The molecule has 98 valence electrons. The summed E-state index contributed by atoms with van der Waals surface area (Å²) in [6.45, 7) is 9.42. The number of Topliss-reactive ketones (excluding diaryl/α,β-unsaturated/α-hetero) is 1. The maximum Gasteiger partial charge on any atom is 0.322 e. The van der Waals surface area contributed by atoms with Gasteiger partial charge in [0.05, 0.1) is 11.1 Å². The molecule has 2 unspecified atom stereocenters. The van der Waals surface area contributed by atoms with Gasteiger partial charge in [-0.1, -0.05) is 13.8 Å². The van der Waals surface area contributed by atoms with Gasteiger partial charge in [0.1, 0.15) is 5.78 Å². The van der Waals surface area contributed by atoms with Gasteiger partial charge in [0, 0.05) is 19.8 Å². The molecule has 0 aromatic carbocycles. The number of hydrogen-bond donors (Lipinski definition) is 0. The Labute approximate surface area is 103 Å². The minimum Gasteiger partial charge on any atom is -0.367 e. The lowest BCUT2D eigenvalue weighted by Gasteiger charge is -2.52. The first-order valence-corrected chi connectivity index (χ1v) is 6.28. The third kappa shape index (κ3) is 2.68. The van der Waals surface area contributed by atoms with Gasteiger partial charge in [-0.05, 0) is 26.7 Å². The van der Waals surface area contributed by atoms with Crippen molar-refractivity contribution in [3.05, 3.63) is 0 Å². The molecule has 0 bridgehead atoms. The summed E-state index contributed by atoms with van der Waals surface area (Å²) in [5.74, 6) is -0.0687. The van der Waals surface area contributed by atoms with Crippen LogP contribution in [0.5, 0.6) is 0 Å². The summed E-state index contributed by atoms with van der Waals surface area (Å²) in [6.07, 6.45) is 2.46. The van der Waals surface area contributed by atoms with Crippen LogP contribution in [0.2, 0.25) is 0 Å². The molecule has 0 N–H and O–H groups in total. The zero-order valence-electron chi connectivity index (χ0n) is 11.5. The van der Waals surface area contributed by atoms with Crippen molar-refractivity contribution in [2.75, 3.05) is 0 Å². The van der Waals surface area contributed by atoms with Gasteiger partial charge in [-0.3, -0.25) is 9.59 Å². The van der Waals surface area contributed by atoms with E-state index in [-0.39, 0.29) is 22.8 Å². The zero-order chi connectivity index (χ0) is 13.3. The lowest BCUT2D eigenvalue weighted by molar-refractivity contribution is -0.267. The van der Waals surface area contributed by atoms with Crippen LogP contribution in [-0.4, -0.2) is 27.9 Å². The minimum atomic E-state index is -0.383. The van der Waals surface area contributed by atoms with Crippen molar-refractivity contribution in [3.8, 4) is 0 Å². The summed E-state index contributed by atoms with van der Waals surface area (Å²) in [6, 6.07) is 0. The van der Waals surface area contributed by atoms with E-state index < -0.39 is 0 Å². The quantitative estimate of drug-likeness (QED) is 0.761. The molecular weight excluding hydrogens is 218 g/mol. The van der Waals surface area contributed by atoms with Crippen LogP contribution in [0.1, 0.15) is 60.3 Å². The van der Waals surface area contributed by atoms with Crippen molar-refractivity contribution in [3.63, 3.8) is 0 Å². The minimum absolute atomic E-state index is 0.252. The number of carbonyl (C=O) groups is 2. The molecule has 0 aliphatic carbocycles. The second kappa shape index (κ2) is 4.77. The molecule has 1 rings (SSSR count). The maximum absolute atomic E-state index is 11.9. The molecule has 4 heteroatoms. The van der Waals surface area contributed by atoms with Crippen molar-refractivity contribution in [2.24, 2.45) is 0 Å².